The van der Waals surface area contributed by atoms with E-state index in [9.17, 15) is 4.79 Å². The van der Waals surface area contributed by atoms with Gasteiger partial charge in [-0.05, 0) is 24.6 Å². The van der Waals surface area contributed by atoms with Crippen LogP contribution < -0.4 is 11.1 Å². The molecule has 21 heavy (non-hydrogen) atoms. The number of nitrogens with zero attached hydrogens (tertiary/aromatic N) is 1. The fourth-order valence-electron chi connectivity index (χ4n) is 1.68. The molecular formula is C14H19N3O3S. The van der Waals surface area contributed by atoms with Gasteiger partial charge in [0, 0.05) is 12.3 Å². The van der Waals surface area contributed by atoms with Crippen LogP contribution in [-0.4, -0.2) is 37.3 Å². The first-order chi connectivity index (χ1) is 10.2. The van der Waals surface area contributed by atoms with Crippen molar-refractivity contribution in [2.45, 2.75) is 13.3 Å². The van der Waals surface area contributed by atoms with Crippen molar-refractivity contribution in [1.82, 2.24) is 4.98 Å². The molecule has 0 saturated heterocycles. The Bertz CT molecular complexity index is 600. The molecule has 3 N–H and O–H groups in total. The summed E-state index contributed by atoms with van der Waals surface area (Å²) in [5.41, 5.74) is 7.21. The topological polar surface area (TPSA) is 86.5 Å². The maximum Gasteiger partial charge on any atom is 0.252 e. The van der Waals surface area contributed by atoms with Crippen molar-refractivity contribution >= 4 is 38.3 Å². The van der Waals surface area contributed by atoms with Gasteiger partial charge >= 0.3 is 0 Å². The number of fused-ring (bicyclic) bond motifs is 1. The molecule has 0 spiro atoms. The van der Waals surface area contributed by atoms with Crippen LogP contribution in [-0.2, 0) is 14.3 Å². The molecule has 0 aliphatic carbocycles. The molecule has 1 amide bonds. The highest BCUT2D eigenvalue weighted by atomic mass is 32.1. The van der Waals surface area contributed by atoms with Crippen molar-refractivity contribution in [2.24, 2.45) is 0 Å². The highest BCUT2D eigenvalue weighted by Crippen LogP contribution is 2.27. The van der Waals surface area contributed by atoms with Crippen LogP contribution in [0, 0.1) is 0 Å². The summed E-state index contributed by atoms with van der Waals surface area (Å²) < 4.78 is 11.4. The molecule has 0 aliphatic rings. The predicted octanol–water partition coefficient (Wildman–Crippen LogP) is 2.26. The summed E-state index contributed by atoms with van der Waals surface area (Å²) in [5.74, 6) is -0.225. The molecule has 114 valence electrons. The third-order valence-electron chi connectivity index (χ3n) is 2.61. The molecule has 1 aromatic carbocycles. The van der Waals surface area contributed by atoms with E-state index in [0.29, 0.717) is 30.6 Å². The number of carbonyl (C=O) groups is 1. The summed E-state index contributed by atoms with van der Waals surface area (Å²) >= 11 is 1.39. The molecule has 2 rings (SSSR count). The van der Waals surface area contributed by atoms with Gasteiger partial charge in [-0.3, -0.25) is 10.1 Å². The van der Waals surface area contributed by atoms with Gasteiger partial charge in [0.1, 0.15) is 6.61 Å². The second-order valence-electron chi connectivity index (χ2n) is 4.46. The Labute approximate surface area is 127 Å². The molecule has 0 radical (unpaired) electrons. The fraction of sp³-hybridized carbons (Fsp3) is 0.429. The van der Waals surface area contributed by atoms with Crippen LogP contribution in [0.1, 0.15) is 13.3 Å². The van der Waals surface area contributed by atoms with Crippen LogP contribution in [0.2, 0.25) is 0 Å². The number of anilines is 2. The number of ether oxygens (including phenoxy) is 2. The minimum Gasteiger partial charge on any atom is -0.399 e. The second-order valence-corrected chi connectivity index (χ2v) is 5.49. The summed E-state index contributed by atoms with van der Waals surface area (Å²) in [4.78, 5) is 16.0. The molecule has 2 aromatic rings. The lowest BCUT2D eigenvalue weighted by molar-refractivity contribution is -0.121. The van der Waals surface area contributed by atoms with Crippen LogP contribution in [0.4, 0.5) is 10.8 Å². The van der Waals surface area contributed by atoms with E-state index in [-0.39, 0.29) is 12.5 Å². The predicted molar refractivity (Wildman–Crippen MR) is 84.6 cm³/mol. The zero-order valence-corrected chi connectivity index (χ0v) is 12.7. The van der Waals surface area contributed by atoms with E-state index in [4.69, 9.17) is 15.2 Å². The zero-order chi connectivity index (χ0) is 15.1. The number of benzene rings is 1. The molecule has 0 fully saturated rings. The highest BCUT2D eigenvalue weighted by Gasteiger charge is 2.08. The van der Waals surface area contributed by atoms with E-state index >= 15 is 0 Å². The molecule has 0 saturated carbocycles. The summed E-state index contributed by atoms with van der Waals surface area (Å²) in [5, 5.41) is 3.26. The minimum absolute atomic E-state index is 0.00640. The first kappa shape index (κ1) is 15.7. The average molecular weight is 309 g/mol. The van der Waals surface area contributed by atoms with Crippen LogP contribution in [0.3, 0.4) is 0 Å². The van der Waals surface area contributed by atoms with E-state index in [1.54, 1.807) is 6.07 Å². The first-order valence-electron chi connectivity index (χ1n) is 6.80. The van der Waals surface area contributed by atoms with Gasteiger partial charge in [-0.25, -0.2) is 4.98 Å². The van der Waals surface area contributed by atoms with E-state index in [1.165, 1.54) is 11.3 Å². The smallest absolute Gasteiger partial charge is 0.252 e. The molecule has 6 nitrogen and oxygen atoms in total. The number of rotatable bonds is 8. The molecule has 0 unspecified atom stereocenters. The molecule has 0 bridgehead atoms. The van der Waals surface area contributed by atoms with Crippen LogP contribution in [0.5, 0.6) is 0 Å². The number of hydrogen-bond donors (Lipinski definition) is 2. The van der Waals surface area contributed by atoms with Crippen molar-refractivity contribution in [1.29, 1.82) is 0 Å². The number of carbonyl (C=O) groups excluding carboxylic acids is 1. The van der Waals surface area contributed by atoms with Crippen molar-refractivity contribution in [3.8, 4) is 0 Å². The van der Waals surface area contributed by atoms with Gasteiger partial charge in [0.2, 0.25) is 0 Å². The third-order valence-corrected chi connectivity index (χ3v) is 3.55. The number of hydrogen-bond acceptors (Lipinski definition) is 6. The Morgan fingerprint density at radius 2 is 2.14 bits per heavy atom. The van der Waals surface area contributed by atoms with Crippen molar-refractivity contribution in [3.05, 3.63) is 18.2 Å². The third kappa shape index (κ3) is 4.96. The van der Waals surface area contributed by atoms with Gasteiger partial charge in [0.05, 0.1) is 23.4 Å². The van der Waals surface area contributed by atoms with Gasteiger partial charge in [-0.2, -0.15) is 0 Å². The average Bonchev–Trinajstić information content (AvgIpc) is 2.83. The van der Waals surface area contributed by atoms with Gasteiger partial charge in [-0.15, -0.1) is 0 Å². The van der Waals surface area contributed by atoms with Gasteiger partial charge in [-0.1, -0.05) is 18.3 Å². The quantitative estimate of drug-likeness (QED) is 0.577. The Balaban J connectivity index is 1.76. The molecule has 1 aromatic heterocycles. The number of nitrogen functional groups attached to an aromatic ring is 1. The summed E-state index contributed by atoms with van der Waals surface area (Å²) in [6.45, 7) is 3.66. The number of aromatic nitrogens is 1. The summed E-state index contributed by atoms with van der Waals surface area (Å²) in [7, 11) is 0. The number of nitrogens with two attached hydrogens (primary N) is 1. The van der Waals surface area contributed by atoms with Gasteiger partial charge in [0.15, 0.2) is 5.13 Å². The number of amides is 1. The highest BCUT2D eigenvalue weighted by molar-refractivity contribution is 7.22. The molecule has 1 heterocycles. The minimum atomic E-state index is -0.225. The standard InChI is InChI=1S/C14H19N3O3S/c1-2-5-19-6-7-20-9-13(18)17-14-16-11-4-3-10(15)8-12(11)21-14/h3-4,8H,2,5-7,9,15H2,1H3,(H,16,17,18). The lowest BCUT2D eigenvalue weighted by Crippen LogP contribution is -2.19. The molecule has 7 heteroatoms. The SMILES string of the molecule is CCCOCCOCC(=O)Nc1nc2ccc(N)cc2s1. The van der Waals surface area contributed by atoms with E-state index in [0.717, 1.165) is 16.6 Å². The monoisotopic (exact) mass is 309 g/mol. The Hall–Kier alpha value is -1.70. The van der Waals surface area contributed by atoms with E-state index < -0.39 is 0 Å². The number of nitrogens with one attached hydrogen (secondary N) is 1. The molecule has 0 atom stereocenters. The van der Waals surface area contributed by atoms with Gasteiger partial charge in [0.25, 0.3) is 5.91 Å². The van der Waals surface area contributed by atoms with Crippen LogP contribution >= 0.6 is 11.3 Å². The van der Waals surface area contributed by atoms with Crippen molar-refractivity contribution < 1.29 is 14.3 Å². The van der Waals surface area contributed by atoms with E-state index in [1.807, 2.05) is 19.1 Å². The Kier molecular flexibility index (Phi) is 5.91. The first-order valence-corrected chi connectivity index (χ1v) is 7.62. The van der Waals surface area contributed by atoms with E-state index in [2.05, 4.69) is 10.3 Å². The number of thiazole rings is 1. The normalized spacial score (nSPS) is 10.9. The summed E-state index contributed by atoms with van der Waals surface area (Å²) in [6.07, 6.45) is 0.975. The Morgan fingerprint density at radius 1 is 1.33 bits per heavy atom. The largest absolute Gasteiger partial charge is 0.399 e. The fourth-order valence-corrected chi connectivity index (χ4v) is 2.61. The lowest BCUT2D eigenvalue weighted by Gasteiger charge is -2.04. The maximum absolute atomic E-state index is 11.7. The van der Waals surface area contributed by atoms with Crippen LogP contribution in [0.25, 0.3) is 10.2 Å². The zero-order valence-electron chi connectivity index (χ0n) is 11.9. The van der Waals surface area contributed by atoms with Crippen LogP contribution in [0.15, 0.2) is 18.2 Å². The van der Waals surface area contributed by atoms with Gasteiger partial charge < -0.3 is 15.2 Å². The van der Waals surface area contributed by atoms with Crippen molar-refractivity contribution in [2.75, 3.05) is 37.5 Å². The summed E-state index contributed by atoms with van der Waals surface area (Å²) in [6, 6.07) is 5.45. The lowest BCUT2D eigenvalue weighted by atomic mass is 10.3. The maximum atomic E-state index is 11.7. The molecule has 0 aliphatic heterocycles. The molecular weight excluding hydrogens is 290 g/mol. The Morgan fingerprint density at radius 3 is 2.95 bits per heavy atom. The van der Waals surface area contributed by atoms with Crippen molar-refractivity contribution in [3.63, 3.8) is 0 Å². The second kappa shape index (κ2) is 7.92.